The Hall–Kier alpha value is -0.277. The van der Waals surface area contributed by atoms with Gasteiger partial charge in [-0.1, -0.05) is 22.0 Å². The molecule has 1 rings (SSSR count). The van der Waals surface area contributed by atoms with E-state index in [2.05, 4.69) is 15.9 Å². The third-order valence-corrected chi connectivity index (χ3v) is 1.51. The molecular weight excluding hydrogens is 263 g/mol. The van der Waals surface area contributed by atoms with Gasteiger partial charge >= 0.3 is 0 Å². The van der Waals surface area contributed by atoms with Gasteiger partial charge < -0.3 is 0 Å². The molecule has 0 radical (unpaired) electrons. The molecule has 0 saturated carbocycles. The molecule has 0 aliphatic rings. The van der Waals surface area contributed by atoms with Gasteiger partial charge in [-0.05, 0) is 6.07 Å². The molecule has 5 heteroatoms. The van der Waals surface area contributed by atoms with Crippen LogP contribution in [0.2, 0.25) is 0 Å². The minimum Gasteiger partial charge on any atom is -0.258 e. The predicted octanol–water partition coefficient (Wildman–Crippen LogP) is 2.35. The van der Waals surface area contributed by atoms with Crippen molar-refractivity contribution in [1.82, 2.24) is 0 Å². The largest absolute Gasteiger partial charge is 0.270 e. The molecule has 54 valence electrons. The van der Waals surface area contributed by atoms with Crippen molar-refractivity contribution in [3.63, 3.8) is 0 Å². The summed E-state index contributed by atoms with van der Waals surface area (Å²) < 4.78 is 0.724. The van der Waals surface area contributed by atoms with Gasteiger partial charge in [-0.2, -0.15) is 0 Å². The number of halogens is 1. The molecular formula is C6H4BrNO2Zn. The molecule has 1 aromatic rings. The van der Waals surface area contributed by atoms with E-state index in [4.69, 9.17) is 0 Å². The van der Waals surface area contributed by atoms with Gasteiger partial charge in [-0.25, -0.2) is 0 Å². The molecule has 0 fully saturated rings. The van der Waals surface area contributed by atoms with Crippen molar-refractivity contribution in [3.05, 3.63) is 38.9 Å². The zero-order valence-electron chi connectivity index (χ0n) is 5.66. The van der Waals surface area contributed by atoms with Crippen LogP contribution >= 0.6 is 15.9 Å². The van der Waals surface area contributed by atoms with Crippen molar-refractivity contribution < 1.29 is 24.4 Å². The molecule has 0 aromatic heterocycles. The summed E-state index contributed by atoms with van der Waals surface area (Å²) in [6, 6.07) is 6.28. The Labute approximate surface area is 84.8 Å². The number of hydrogen-bond donors (Lipinski definition) is 0. The summed E-state index contributed by atoms with van der Waals surface area (Å²) in [6.45, 7) is 0. The summed E-state index contributed by atoms with van der Waals surface area (Å²) in [6.07, 6.45) is 0. The molecule has 1 aromatic carbocycles. The van der Waals surface area contributed by atoms with Gasteiger partial charge in [-0.15, -0.1) is 0 Å². The normalized spacial score (nSPS) is 8.45. The van der Waals surface area contributed by atoms with Crippen LogP contribution < -0.4 is 0 Å². The first-order chi connectivity index (χ1) is 4.70. The fraction of sp³-hybridized carbons (Fsp3) is 0. The number of non-ortho nitro benzene ring substituents is 1. The number of hydrogen-bond acceptors (Lipinski definition) is 2. The summed E-state index contributed by atoms with van der Waals surface area (Å²) in [5.74, 6) is 0. The molecule has 0 aliphatic carbocycles. The second-order valence-electron chi connectivity index (χ2n) is 1.74. The molecule has 0 atom stereocenters. The molecule has 0 heterocycles. The number of nitro groups is 1. The Balaban J connectivity index is 0.000001000. The van der Waals surface area contributed by atoms with E-state index in [0.717, 1.165) is 4.47 Å². The zero-order chi connectivity index (χ0) is 7.56. The summed E-state index contributed by atoms with van der Waals surface area (Å²) in [7, 11) is 0. The van der Waals surface area contributed by atoms with Gasteiger partial charge in [0.15, 0.2) is 0 Å². The summed E-state index contributed by atoms with van der Waals surface area (Å²) in [5, 5.41) is 10.1. The van der Waals surface area contributed by atoms with Gasteiger partial charge in [0.05, 0.1) is 4.92 Å². The molecule has 0 bridgehead atoms. The van der Waals surface area contributed by atoms with Crippen LogP contribution in [0.3, 0.4) is 0 Å². The minimum absolute atomic E-state index is 0. The first-order valence-corrected chi connectivity index (χ1v) is 3.39. The van der Waals surface area contributed by atoms with E-state index < -0.39 is 4.92 Å². The van der Waals surface area contributed by atoms with Gasteiger partial charge in [0.2, 0.25) is 0 Å². The molecule has 11 heavy (non-hydrogen) atoms. The molecule has 0 saturated heterocycles. The fourth-order valence-corrected chi connectivity index (χ4v) is 0.977. The Bertz CT molecular complexity index is 267. The van der Waals surface area contributed by atoms with Crippen molar-refractivity contribution in [1.29, 1.82) is 0 Å². The Morgan fingerprint density at radius 3 is 2.45 bits per heavy atom. The van der Waals surface area contributed by atoms with Crippen LogP contribution in [0.5, 0.6) is 0 Å². The van der Waals surface area contributed by atoms with Gasteiger partial charge in [0.1, 0.15) is 0 Å². The van der Waals surface area contributed by atoms with E-state index in [9.17, 15) is 10.1 Å². The van der Waals surface area contributed by atoms with Gasteiger partial charge in [0.25, 0.3) is 5.69 Å². The van der Waals surface area contributed by atoms with Crippen molar-refractivity contribution in [2.24, 2.45) is 0 Å². The van der Waals surface area contributed by atoms with Crippen LogP contribution in [0.1, 0.15) is 0 Å². The standard InChI is InChI=1S/C6H4BrNO2.Zn/c7-5-2-1-3-6(4-5)8(9)10;/h1-4H;. The van der Waals surface area contributed by atoms with Crippen molar-refractivity contribution >= 4 is 21.6 Å². The van der Waals surface area contributed by atoms with E-state index in [1.54, 1.807) is 12.1 Å². The van der Waals surface area contributed by atoms with Crippen molar-refractivity contribution in [2.45, 2.75) is 0 Å². The van der Waals surface area contributed by atoms with Crippen LogP contribution in [0, 0.1) is 10.1 Å². The van der Waals surface area contributed by atoms with Crippen LogP contribution in [0.15, 0.2) is 28.7 Å². The SMILES string of the molecule is O=[N+]([O-])c1cccc(Br)c1.[Zn]. The molecule has 3 nitrogen and oxygen atoms in total. The monoisotopic (exact) mass is 265 g/mol. The molecule has 0 aliphatic heterocycles. The summed E-state index contributed by atoms with van der Waals surface area (Å²) in [4.78, 5) is 9.71. The van der Waals surface area contributed by atoms with E-state index in [0.29, 0.717) is 0 Å². The average molecular weight is 267 g/mol. The molecule has 0 N–H and O–H groups in total. The second-order valence-corrected chi connectivity index (χ2v) is 2.65. The van der Waals surface area contributed by atoms with E-state index in [1.807, 2.05) is 0 Å². The Kier molecular flexibility index (Phi) is 4.46. The quantitative estimate of drug-likeness (QED) is 0.445. The van der Waals surface area contributed by atoms with Crippen LogP contribution in [-0.4, -0.2) is 4.92 Å². The maximum atomic E-state index is 10.1. The van der Waals surface area contributed by atoms with Gasteiger partial charge in [-0.3, -0.25) is 10.1 Å². The zero-order valence-corrected chi connectivity index (χ0v) is 10.2. The number of nitrogens with zero attached hydrogens (tertiary/aromatic N) is 1. The summed E-state index contributed by atoms with van der Waals surface area (Å²) in [5.41, 5.74) is 0.106. The maximum absolute atomic E-state index is 10.1. The maximum Gasteiger partial charge on any atom is 0.270 e. The topological polar surface area (TPSA) is 43.1 Å². The summed E-state index contributed by atoms with van der Waals surface area (Å²) >= 11 is 3.13. The second kappa shape index (κ2) is 4.57. The minimum atomic E-state index is -0.426. The smallest absolute Gasteiger partial charge is 0.258 e. The van der Waals surface area contributed by atoms with Gasteiger partial charge in [0, 0.05) is 36.1 Å². The Morgan fingerprint density at radius 1 is 1.45 bits per heavy atom. The van der Waals surface area contributed by atoms with Crippen LogP contribution in [0.25, 0.3) is 0 Å². The Morgan fingerprint density at radius 2 is 2.09 bits per heavy atom. The number of rotatable bonds is 1. The van der Waals surface area contributed by atoms with Crippen molar-refractivity contribution in [3.8, 4) is 0 Å². The average Bonchev–Trinajstić information content (AvgIpc) is 1.88. The van der Waals surface area contributed by atoms with Crippen LogP contribution in [0.4, 0.5) is 5.69 Å². The van der Waals surface area contributed by atoms with Crippen LogP contribution in [-0.2, 0) is 19.5 Å². The third-order valence-electron chi connectivity index (χ3n) is 1.02. The van der Waals surface area contributed by atoms with E-state index >= 15 is 0 Å². The van der Waals surface area contributed by atoms with E-state index in [1.165, 1.54) is 12.1 Å². The molecule has 0 unspecified atom stereocenters. The first-order valence-electron chi connectivity index (χ1n) is 2.60. The first kappa shape index (κ1) is 10.7. The third kappa shape index (κ3) is 3.08. The number of nitro benzene ring substituents is 1. The van der Waals surface area contributed by atoms with Crippen molar-refractivity contribution in [2.75, 3.05) is 0 Å². The molecule has 0 spiro atoms. The fourth-order valence-electron chi connectivity index (χ4n) is 0.590. The van der Waals surface area contributed by atoms with E-state index in [-0.39, 0.29) is 25.2 Å². The molecule has 0 amide bonds. The number of benzene rings is 1. The predicted molar refractivity (Wildman–Crippen MR) is 40.8 cm³/mol.